The van der Waals surface area contributed by atoms with Gasteiger partial charge in [0.2, 0.25) is 0 Å². The van der Waals surface area contributed by atoms with Crippen molar-refractivity contribution in [3.8, 4) is 18.8 Å². The number of fused-ring (bicyclic) bond motifs is 1. The van der Waals surface area contributed by atoms with Gasteiger partial charge in [-0.2, -0.15) is 0 Å². The Morgan fingerprint density at radius 1 is 0.347 bits per heavy atom. The van der Waals surface area contributed by atoms with Crippen molar-refractivity contribution in [2.75, 3.05) is 13.2 Å². The molecular formula is C130H125BrCl5MgO3P5Ru2+2. The van der Waals surface area contributed by atoms with E-state index in [2.05, 4.69) is 505 Å². The maximum absolute atomic E-state index is 11.3. The third kappa shape index (κ3) is 40.9. The predicted octanol–water partition coefficient (Wildman–Crippen LogP) is 25.0. The minimum Gasteiger partial charge on any atom is -0.0622 e. The van der Waals surface area contributed by atoms with Crippen LogP contribution in [0.1, 0.15) is 81.4 Å². The summed E-state index contributed by atoms with van der Waals surface area (Å²) in [4.78, 5) is 11.3. The zero-order valence-electron chi connectivity index (χ0n) is 83.5. The zero-order chi connectivity index (χ0) is 102. The Balaban J connectivity index is 0.000000225. The summed E-state index contributed by atoms with van der Waals surface area (Å²) in [6, 6.07) is 189. The van der Waals surface area contributed by atoms with Gasteiger partial charge in [-0.3, -0.25) is 4.79 Å². The quantitative estimate of drug-likeness (QED) is 0.0272. The normalized spacial score (nSPS) is 11.5. The van der Waals surface area contributed by atoms with Gasteiger partial charge in [0, 0.05) is 24.7 Å². The molecule has 1 aliphatic carbocycles. The van der Waals surface area contributed by atoms with E-state index in [4.69, 9.17) is 56.3 Å². The van der Waals surface area contributed by atoms with E-state index >= 15 is 0 Å². The van der Waals surface area contributed by atoms with Gasteiger partial charge in [-0.25, -0.2) is 0 Å². The molecular weight excluding hydrogens is 2250 g/mol. The molecule has 0 spiro atoms. The number of carbonyl (C=O) groups is 1. The second-order valence-corrected chi connectivity index (χ2v) is 53.6. The first kappa shape index (κ1) is 124. The minimum atomic E-state index is -1.80. The Labute approximate surface area is 943 Å². The first-order valence-electron chi connectivity index (χ1n) is 47.8. The number of halogens is 6. The summed E-state index contributed by atoms with van der Waals surface area (Å²) in [5, 5.41) is 31.3. The van der Waals surface area contributed by atoms with E-state index in [1.807, 2.05) is 94.4 Å². The van der Waals surface area contributed by atoms with Gasteiger partial charge in [0.15, 0.2) is 11.4 Å². The summed E-state index contributed by atoms with van der Waals surface area (Å²) in [6.07, 6.45) is 19.1. The standard InChI is InChI=1S/5C18H15P.C12H14O.C12H12.C10H12O.C4H8O.C2H.BrH.5ClH.Mg.2Ru/c5*1-4-10-16(11-5-1)19(17-12-6-2-7-13-17)18-14-8-3-9-15-18;1-4-12(13,10(2)3)11-8-6-5-7-9-11;1-9(2)11-8-7-10-5-3-4-6-12(10)11;1-8(2)10(11)9-6-4-3-5-7-9;1-2-4-5-3-1;1-2;;;;;;;;;/h5*1-15H;1,5-10,13H,2-3H3;3-6,8-9H,1-2H3;3-8H,1-2H3;1-4H2;1H;6*1H;;;/q;;;;;;;;;-1;;;;;;;3*+2/p-3. The summed E-state index contributed by atoms with van der Waals surface area (Å²) in [5.74, 6) is 3.29. The number of allylic oxidation sites excluding steroid dienone is 2. The molecule has 1 unspecified atom stereocenters. The van der Waals surface area contributed by atoms with Gasteiger partial charge >= 0.3 is 161 Å². The van der Waals surface area contributed by atoms with Gasteiger partial charge in [-0.15, -0.1) is 18.8 Å². The van der Waals surface area contributed by atoms with Crippen molar-refractivity contribution in [3.63, 3.8) is 0 Å². The average molecular weight is 2370 g/mol. The van der Waals surface area contributed by atoms with E-state index in [1.54, 1.807) is 0 Å². The van der Waals surface area contributed by atoms with Crippen LogP contribution >= 0.6 is 90.8 Å². The first-order chi connectivity index (χ1) is 70.6. The van der Waals surface area contributed by atoms with E-state index in [9.17, 15) is 9.90 Å². The Kier molecular flexibility index (Phi) is 60.8. The van der Waals surface area contributed by atoms with Crippen LogP contribution in [-0.2, 0) is 39.0 Å². The van der Waals surface area contributed by atoms with Crippen LogP contribution in [0.5, 0.6) is 0 Å². The number of carbonyl (C=O) groups excluding carboxylic acids is 1. The SMILES string of the molecule is C#CC(O)(c1ccccc1)C(C)C.C1CCOC1.CC(C)C(=O)c1ccccc1.CC(C)C1=C[C](=[Ru]([Cl])[Cl])c2ccccc21.Cl.[Br-].[C-]#C.[Cl][Ru][Cl].[Mg+2].c1ccc(P(c2ccccc2)c2ccccc2)cc1.c1ccc(P(c2ccccc2)c2ccccc2)cc1.c1ccc(P(c2ccccc2)c2ccccc2)cc1.c1ccc([PH+](c2ccccc2)c2ccccc2)cc1.c1ccc([PH+](c2ccccc2)c2ccccc2)cc1. The smallest absolute Gasteiger partial charge is 0.0622 e. The molecule has 20 rings (SSSR count). The Morgan fingerprint density at radius 2 is 0.537 bits per heavy atom. The molecule has 17 heteroatoms. The van der Waals surface area contributed by atoms with Crippen LogP contribution in [-0.4, -0.2) is 51.3 Å². The molecule has 1 aliphatic heterocycles. The van der Waals surface area contributed by atoms with Gasteiger partial charge in [0.05, 0.1) is 15.8 Å². The molecule has 1 atom stereocenters. The first-order valence-corrected chi connectivity index (χ1v) is 64.6. The molecule has 2 aliphatic rings. The summed E-state index contributed by atoms with van der Waals surface area (Å²) >= 11 is -2.14. The molecule has 0 bridgehead atoms. The molecule has 147 heavy (non-hydrogen) atoms. The summed E-state index contributed by atoms with van der Waals surface area (Å²) in [7, 11) is 18.8. The minimum absolute atomic E-state index is 0. The molecule has 1 N–H and O–H groups in total. The third-order valence-corrected chi connectivity index (χ3v) is 38.6. The topological polar surface area (TPSA) is 46.5 Å². The Hall–Kier alpha value is -9.63. The fourth-order valence-electron chi connectivity index (χ4n) is 15.7. The van der Waals surface area contributed by atoms with Crippen molar-refractivity contribution in [2.45, 2.75) is 60.0 Å². The predicted molar refractivity (Wildman–Crippen MR) is 646 cm³/mol. The molecule has 0 aromatic heterocycles. The molecule has 1 saturated heterocycles. The van der Waals surface area contributed by atoms with Crippen molar-refractivity contribution in [2.24, 2.45) is 17.8 Å². The molecule has 18 aromatic carbocycles. The van der Waals surface area contributed by atoms with Gasteiger partial charge < -0.3 is 39.7 Å². The fraction of sp³-hybridized carbons (Fsp3) is 0.108. The number of terminal acetylenes is 2. The molecule has 1 fully saturated rings. The second kappa shape index (κ2) is 71.9. The number of benzene rings is 18. The Morgan fingerprint density at radius 3 is 0.714 bits per heavy atom. The molecule has 0 amide bonds. The zero-order valence-corrected chi connectivity index (χ0v) is 98.5. The molecule has 746 valence electrons. The maximum atomic E-state index is 11.3. The number of rotatable bonds is 20. The van der Waals surface area contributed by atoms with Gasteiger partial charge in [0.1, 0.15) is 31.8 Å². The number of ether oxygens (including phenoxy) is 1. The number of hydrogen-bond acceptors (Lipinski definition) is 3. The molecule has 0 radical (unpaired) electrons. The number of hydrogen-bond donors (Lipinski definition) is 1. The fourth-order valence-corrected chi connectivity index (χ4v) is 30.3. The Bertz CT molecular complexity index is 5530. The number of Topliss-reactive ketones (excluding diaryl/α,β-unsaturated/α-hetero) is 1. The van der Waals surface area contributed by atoms with Crippen molar-refractivity contribution < 1.29 is 60.3 Å². The van der Waals surface area contributed by atoms with E-state index in [1.165, 1.54) is 113 Å². The van der Waals surface area contributed by atoms with Crippen molar-refractivity contribution in [1.82, 2.24) is 0 Å². The molecule has 3 nitrogen and oxygen atoms in total. The van der Waals surface area contributed by atoms with Gasteiger partial charge in [0.25, 0.3) is 0 Å². The van der Waals surface area contributed by atoms with Crippen LogP contribution in [0.2, 0.25) is 0 Å². The van der Waals surface area contributed by atoms with E-state index in [0.29, 0.717) is 5.92 Å². The molecule has 0 saturated carbocycles. The number of aliphatic hydroxyl groups is 1. The summed E-state index contributed by atoms with van der Waals surface area (Å²) in [6.45, 7) is 14.0. The monoisotopic (exact) mass is 2370 g/mol. The van der Waals surface area contributed by atoms with Crippen LogP contribution in [0.15, 0.2) is 546 Å². The largest absolute Gasteiger partial charge is 2.00 e. The second-order valence-electron chi connectivity index (χ2n) is 33.5. The van der Waals surface area contributed by atoms with Crippen LogP contribution < -0.4 is 96.5 Å². The van der Waals surface area contributed by atoms with Gasteiger partial charge in [-0.1, -0.05) is 476 Å². The maximum Gasteiger partial charge on any atom is 2.00 e. The van der Waals surface area contributed by atoms with Crippen molar-refractivity contribution in [1.29, 1.82) is 0 Å². The number of ketones is 1. The van der Waals surface area contributed by atoms with E-state index in [-0.39, 0.29) is 85.2 Å². The van der Waals surface area contributed by atoms with Crippen molar-refractivity contribution >= 4 is 209 Å². The summed E-state index contributed by atoms with van der Waals surface area (Å²) in [5.41, 5.74) is 4.37. The molecule has 1 heterocycles. The molecule has 18 aromatic rings. The average Bonchev–Trinajstić information content (AvgIpc) is 1.64. The summed E-state index contributed by atoms with van der Waals surface area (Å²) < 4.78 is 6.11. The van der Waals surface area contributed by atoms with Crippen LogP contribution in [0.4, 0.5) is 0 Å². The van der Waals surface area contributed by atoms with Crippen molar-refractivity contribution in [3.05, 3.63) is 575 Å². The van der Waals surface area contributed by atoms with Gasteiger partial charge in [-0.05, 0) is 169 Å². The van der Waals surface area contributed by atoms with Crippen LogP contribution in [0.3, 0.4) is 0 Å². The van der Waals surface area contributed by atoms with E-state index in [0.717, 1.165) is 24.3 Å². The van der Waals surface area contributed by atoms with Crippen LogP contribution in [0.25, 0.3) is 5.57 Å². The van der Waals surface area contributed by atoms with Crippen LogP contribution in [0, 0.1) is 42.9 Å². The van der Waals surface area contributed by atoms with E-state index < -0.39 is 58.7 Å². The third-order valence-electron chi connectivity index (χ3n) is 22.7.